The summed E-state index contributed by atoms with van der Waals surface area (Å²) in [6.45, 7) is 8.07. The minimum absolute atomic E-state index is 0.0452. The first kappa shape index (κ1) is 11.8. The minimum atomic E-state index is -0.0607. The maximum atomic E-state index is 9.10. The van der Waals surface area contributed by atoms with Gasteiger partial charge in [-0.25, -0.2) is 0 Å². The molecule has 1 aromatic rings. The van der Waals surface area contributed by atoms with E-state index in [1.54, 1.807) is 12.1 Å². The molecule has 0 spiro atoms. The van der Waals surface area contributed by atoms with Crippen LogP contribution in [-0.2, 0) is 0 Å². The highest BCUT2D eigenvalue weighted by Gasteiger charge is 2.02. The number of rotatable bonds is 1. The quantitative estimate of drug-likeness (QED) is 0.654. The Labute approximate surface area is 79.9 Å². The van der Waals surface area contributed by atoms with Crippen LogP contribution in [0.15, 0.2) is 18.2 Å². The molecule has 0 aliphatic heterocycles. The van der Waals surface area contributed by atoms with E-state index in [2.05, 4.69) is 0 Å². The first-order valence-electron chi connectivity index (χ1n) is 4.63. The number of hydrogen-bond acceptors (Lipinski definition) is 2. The first-order valence-corrected chi connectivity index (χ1v) is 4.63. The molecule has 2 N–H and O–H groups in total. The van der Waals surface area contributed by atoms with Crippen LogP contribution in [0.3, 0.4) is 0 Å². The molecule has 0 bridgehead atoms. The molecule has 2 nitrogen and oxygen atoms in total. The van der Waals surface area contributed by atoms with Crippen LogP contribution in [0, 0.1) is 0 Å². The van der Waals surface area contributed by atoms with E-state index in [0.717, 1.165) is 5.56 Å². The third-order valence-corrected chi connectivity index (χ3v) is 1.67. The van der Waals surface area contributed by atoms with Gasteiger partial charge in [0.05, 0.1) is 0 Å². The Morgan fingerprint density at radius 3 is 1.92 bits per heavy atom. The molecule has 0 aliphatic rings. The molecule has 1 rings (SSSR count). The van der Waals surface area contributed by atoms with Crippen LogP contribution < -0.4 is 0 Å². The van der Waals surface area contributed by atoms with Crippen molar-refractivity contribution in [1.29, 1.82) is 0 Å². The van der Waals surface area contributed by atoms with Crippen LogP contribution in [-0.4, -0.2) is 10.2 Å². The molecule has 0 radical (unpaired) electrons. The van der Waals surface area contributed by atoms with E-state index in [0.29, 0.717) is 5.92 Å². The van der Waals surface area contributed by atoms with Crippen LogP contribution in [0.4, 0.5) is 0 Å². The van der Waals surface area contributed by atoms with E-state index in [1.807, 2.05) is 27.7 Å². The predicted octanol–water partition coefficient (Wildman–Crippen LogP) is 3.25. The number of benzene rings is 1. The molecular weight excluding hydrogens is 164 g/mol. The molecule has 0 aromatic heterocycles. The van der Waals surface area contributed by atoms with Crippen LogP contribution in [0.5, 0.6) is 11.5 Å². The van der Waals surface area contributed by atoms with Crippen molar-refractivity contribution in [3.63, 3.8) is 0 Å². The zero-order valence-corrected chi connectivity index (χ0v) is 8.70. The third-order valence-electron chi connectivity index (χ3n) is 1.67. The Balaban J connectivity index is 0.000000671. The van der Waals surface area contributed by atoms with E-state index in [1.165, 1.54) is 6.07 Å². The molecule has 74 valence electrons. The lowest BCUT2D eigenvalue weighted by molar-refractivity contribution is 0.403. The highest BCUT2D eigenvalue weighted by atomic mass is 16.3. The number of phenolic OH excluding ortho intramolecular Hbond substituents is 2. The Bertz CT molecular complexity index is 254. The van der Waals surface area contributed by atoms with Crippen molar-refractivity contribution in [3.8, 4) is 11.5 Å². The summed E-state index contributed by atoms with van der Waals surface area (Å²) in [5.74, 6) is 0.270. The van der Waals surface area contributed by atoms with Gasteiger partial charge >= 0.3 is 0 Å². The van der Waals surface area contributed by atoms with Gasteiger partial charge in [-0.15, -0.1) is 0 Å². The van der Waals surface area contributed by atoms with Crippen molar-refractivity contribution in [1.82, 2.24) is 0 Å². The van der Waals surface area contributed by atoms with Crippen LogP contribution in [0.1, 0.15) is 39.2 Å². The van der Waals surface area contributed by atoms with E-state index in [-0.39, 0.29) is 11.5 Å². The second kappa shape index (κ2) is 5.46. The molecule has 0 saturated heterocycles. The van der Waals surface area contributed by atoms with Gasteiger partial charge < -0.3 is 10.2 Å². The summed E-state index contributed by atoms with van der Waals surface area (Å²) in [7, 11) is 0. The van der Waals surface area contributed by atoms with Gasteiger partial charge in [0.15, 0.2) is 11.5 Å². The lowest BCUT2D eigenvalue weighted by atomic mass is 10.0. The van der Waals surface area contributed by atoms with Crippen molar-refractivity contribution in [2.45, 2.75) is 33.6 Å². The van der Waals surface area contributed by atoms with Gasteiger partial charge in [-0.2, -0.15) is 0 Å². The average Bonchev–Trinajstić information content (AvgIpc) is 2.13. The molecule has 2 heteroatoms. The fourth-order valence-electron chi connectivity index (χ4n) is 0.900. The van der Waals surface area contributed by atoms with Gasteiger partial charge in [-0.1, -0.05) is 33.8 Å². The van der Waals surface area contributed by atoms with Gasteiger partial charge in [0.2, 0.25) is 0 Å². The molecule has 0 aliphatic carbocycles. The summed E-state index contributed by atoms with van der Waals surface area (Å²) in [5.41, 5.74) is 1.03. The molecular formula is C11H18O2. The van der Waals surface area contributed by atoms with Gasteiger partial charge in [0, 0.05) is 0 Å². The van der Waals surface area contributed by atoms with E-state index >= 15 is 0 Å². The number of aromatic hydroxyl groups is 2. The summed E-state index contributed by atoms with van der Waals surface area (Å²) in [4.78, 5) is 0. The van der Waals surface area contributed by atoms with Crippen LogP contribution in [0.2, 0.25) is 0 Å². The van der Waals surface area contributed by atoms with E-state index < -0.39 is 0 Å². The van der Waals surface area contributed by atoms with Crippen molar-refractivity contribution < 1.29 is 10.2 Å². The largest absolute Gasteiger partial charge is 0.504 e. The number of hydrogen-bond donors (Lipinski definition) is 2. The van der Waals surface area contributed by atoms with Crippen LogP contribution in [0.25, 0.3) is 0 Å². The van der Waals surface area contributed by atoms with Gasteiger partial charge in [0.1, 0.15) is 0 Å². The standard InChI is InChI=1S/C9H12O2.C2H6/c1-6(2)7-3-4-8(10)9(11)5-7;1-2/h3-6,10-11H,1-2H3;1-2H3. The monoisotopic (exact) mass is 182 g/mol. The summed E-state index contributed by atoms with van der Waals surface area (Å²) in [6, 6.07) is 4.89. The highest BCUT2D eigenvalue weighted by Crippen LogP contribution is 2.27. The fraction of sp³-hybridized carbons (Fsp3) is 0.455. The molecule has 0 heterocycles. The predicted molar refractivity (Wildman–Crippen MR) is 55.2 cm³/mol. The Morgan fingerprint density at radius 2 is 1.54 bits per heavy atom. The third kappa shape index (κ3) is 3.36. The maximum absolute atomic E-state index is 9.10. The Kier molecular flexibility index (Phi) is 4.97. The van der Waals surface area contributed by atoms with E-state index in [4.69, 9.17) is 10.2 Å². The summed E-state index contributed by atoms with van der Waals surface area (Å²) >= 11 is 0. The SMILES string of the molecule is CC.CC(C)c1ccc(O)c(O)c1. The maximum Gasteiger partial charge on any atom is 0.157 e. The second-order valence-corrected chi connectivity index (χ2v) is 2.90. The van der Waals surface area contributed by atoms with Crippen molar-refractivity contribution >= 4 is 0 Å². The molecule has 0 amide bonds. The molecule has 1 aromatic carbocycles. The van der Waals surface area contributed by atoms with Gasteiger partial charge in [-0.05, 0) is 23.6 Å². The minimum Gasteiger partial charge on any atom is -0.504 e. The van der Waals surface area contributed by atoms with Crippen molar-refractivity contribution in [2.24, 2.45) is 0 Å². The Hall–Kier alpha value is -1.18. The molecule has 0 atom stereocenters. The lowest BCUT2D eigenvalue weighted by Crippen LogP contribution is -1.85. The lowest BCUT2D eigenvalue weighted by Gasteiger charge is -2.05. The second-order valence-electron chi connectivity index (χ2n) is 2.90. The van der Waals surface area contributed by atoms with Crippen molar-refractivity contribution in [3.05, 3.63) is 23.8 Å². The zero-order chi connectivity index (χ0) is 10.4. The van der Waals surface area contributed by atoms with Gasteiger partial charge in [0.25, 0.3) is 0 Å². The highest BCUT2D eigenvalue weighted by molar-refractivity contribution is 5.41. The fourth-order valence-corrected chi connectivity index (χ4v) is 0.900. The topological polar surface area (TPSA) is 40.5 Å². The summed E-state index contributed by atoms with van der Waals surface area (Å²) < 4.78 is 0. The molecule has 13 heavy (non-hydrogen) atoms. The number of phenols is 2. The summed E-state index contributed by atoms with van der Waals surface area (Å²) in [6.07, 6.45) is 0. The molecule has 0 saturated carbocycles. The van der Waals surface area contributed by atoms with E-state index in [9.17, 15) is 0 Å². The summed E-state index contributed by atoms with van der Waals surface area (Å²) in [5, 5.41) is 18.1. The first-order chi connectivity index (χ1) is 6.11. The average molecular weight is 182 g/mol. The van der Waals surface area contributed by atoms with Crippen LogP contribution >= 0.6 is 0 Å². The normalized spacial score (nSPS) is 9.31. The zero-order valence-electron chi connectivity index (χ0n) is 8.70. The molecule has 0 unspecified atom stereocenters. The van der Waals surface area contributed by atoms with Crippen molar-refractivity contribution in [2.75, 3.05) is 0 Å². The molecule has 0 fully saturated rings. The smallest absolute Gasteiger partial charge is 0.157 e. The van der Waals surface area contributed by atoms with Gasteiger partial charge in [-0.3, -0.25) is 0 Å². The Morgan fingerprint density at radius 1 is 1.00 bits per heavy atom.